The van der Waals surface area contributed by atoms with Crippen molar-refractivity contribution in [1.29, 1.82) is 0 Å². The van der Waals surface area contributed by atoms with Gasteiger partial charge in [-0.25, -0.2) is 0 Å². The molecule has 0 aliphatic heterocycles. The van der Waals surface area contributed by atoms with Crippen LogP contribution in [0.1, 0.15) is 65.2 Å². The lowest BCUT2D eigenvalue weighted by Gasteiger charge is -2.57. The first kappa shape index (κ1) is 19.3. The topological polar surface area (TPSA) is 49.3 Å². The molecular formula is C27H37NO2. The van der Waals surface area contributed by atoms with Crippen LogP contribution in [0.5, 0.6) is 0 Å². The van der Waals surface area contributed by atoms with Crippen molar-refractivity contribution in [2.75, 3.05) is 5.32 Å². The molecule has 1 amide bonds. The first-order valence-corrected chi connectivity index (χ1v) is 12.5. The van der Waals surface area contributed by atoms with Crippen LogP contribution in [0, 0.1) is 52.8 Å². The van der Waals surface area contributed by atoms with Crippen molar-refractivity contribution in [2.24, 2.45) is 52.8 Å². The number of fused-ring (bicyclic) bond motifs is 7. The van der Waals surface area contributed by atoms with E-state index in [1.54, 1.807) is 0 Å². The molecule has 2 N–H and O–H groups in total. The highest BCUT2D eigenvalue weighted by atomic mass is 16.3. The Labute approximate surface area is 181 Å². The molecule has 3 nitrogen and oxygen atoms in total. The number of hydrogen-bond donors (Lipinski definition) is 2. The molecule has 0 saturated heterocycles. The molecule has 30 heavy (non-hydrogen) atoms. The number of benzene rings is 1. The van der Waals surface area contributed by atoms with Gasteiger partial charge in [0.25, 0.3) is 0 Å². The van der Waals surface area contributed by atoms with Gasteiger partial charge in [0.1, 0.15) is 0 Å². The number of nitrogens with one attached hydrogen (secondary N) is 1. The molecule has 0 bridgehead atoms. The Kier molecular flexibility index (Phi) is 4.24. The second kappa shape index (κ2) is 6.58. The summed E-state index contributed by atoms with van der Waals surface area (Å²) in [7, 11) is 0. The Morgan fingerprint density at radius 1 is 0.933 bits per heavy atom. The van der Waals surface area contributed by atoms with E-state index in [4.69, 9.17) is 0 Å². The fourth-order valence-electron chi connectivity index (χ4n) is 9.28. The van der Waals surface area contributed by atoms with Gasteiger partial charge in [0.05, 0.1) is 5.60 Å². The summed E-state index contributed by atoms with van der Waals surface area (Å²) < 4.78 is 0. The van der Waals surface area contributed by atoms with Crippen molar-refractivity contribution < 1.29 is 9.90 Å². The number of amides is 1. The Balaban J connectivity index is 1.23. The molecule has 0 radical (unpaired) electrons. The summed E-state index contributed by atoms with van der Waals surface area (Å²) in [5.41, 5.74) is 0.683. The van der Waals surface area contributed by atoms with Gasteiger partial charge in [-0.2, -0.15) is 0 Å². The van der Waals surface area contributed by atoms with E-state index in [2.05, 4.69) is 19.2 Å². The van der Waals surface area contributed by atoms with Gasteiger partial charge in [0.15, 0.2) is 0 Å². The fourth-order valence-corrected chi connectivity index (χ4v) is 9.28. The first-order valence-electron chi connectivity index (χ1n) is 12.5. The van der Waals surface area contributed by atoms with E-state index in [1.807, 2.05) is 30.3 Å². The minimum atomic E-state index is -0.438. The van der Waals surface area contributed by atoms with Gasteiger partial charge in [-0.05, 0) is 117 Å². The lowest BCUT2D eigenvalue weighted by Crippen LogP contribution is -2.52. The van der Waals surface area contributed by atoms with Crippen LogP contribution in [0.15, 0.2) is 30.3 Å². The summed E-state index contributed by atoms with van der Waals surface area (Å²) >= 11 is 0. The summed E-state index contributed by atoms with van der Waals surface area (Å²) in [6.07, 6.45) is 9.64. The van der Waals surface area contributed by atoms with Crippen LogP contribution < -0.4 is 5.32 Å². The van der Waals surface area contributed by atoms with E-state index < -0.39 is 5.60 Å². The first-order chi connectivity index (χ1) is 14.4. The van der Waals surface area contributed by atoms with Crippen molar-refractivity contribution in [2.45, 2.75) is 70.8 Å². The molecule has 2 unspecified atom stereocenters. The molecule has 5 fully saturated rings. The molecule has 10 atom stereocenters. The number of carbonyl (C=O) groups excluding carboxylic acids is 1. The molecule has 0 heterocycles. The Bertz CT molecular complexity index is 835. The van der Waals surface area contributed by atoms with Crippen LogP contribution in [0.2, 0.25) is 0 Å². The third-order valence-corrected chi connectivity index (χ3v) is 10.3. The zero-order chi connectivity index (χ0) is 20.7. The largest absolute Gasteiger partial charge is 0.390 e. The number of rotatable bonds is 2. The zero-order valence-electron chi connectivity index (χ0n) is 18.5. The van der Waals surface area contributed by atoms with Crippen molar-refractivity contribution in [1.82, 2.24) is 0 Å². The van der Waals surface area contributed by atoms with Crippen molar-refractivity contribution in [3.05, 3.63) is 30.3 Å². The summed E-state index contributed by atoms with van der Waals surface area (Å²) in [6.45, 7) is 4.52. The highest BCUT2D eigenvalue weighted by Crippen LogP contribution is 2.74. The van der Waals surface area contributed by atoms with E-state index in [1.165, 1.54) is 38.5 Å². The molecule has 6 rings (SSSR count). The number of carbonyl (C=O) groups is 1. The third kappa shape index (κ3) is 2.83. The normalized spacial score (nSPS) is 51.2. The molecule has 3 heteroatoms. The minimum absolute atomic E-state index is 0.181. The summed E-state index contributed by atoms with van der Waals surface area (Å²) in [5.74, 6) is 5.84. The Morgan fingerprint density at radius 3 is 2.50 bits per heavy atom. The molecule has 0 aromatic heterocycles. The fraction of sp³-hybridized carbons (Fsp3) is 0.741. The summed E-state index contributed by atoms with van der Waals surface area (Å²) in [5, 5.41) is 13.9. The monoisotopic (exact) mass is 407 g/mol. The molecule has 1 aromatic rings. The maximum absolute atomic E-state index is 13.4. The quantitative estimate of drug-likeness (QED) is 0.680. The minimum Gasteiger partial charge on any atom is -0.390 e. The summed E-state index contributed by atoms with van der Waals surface area (Å²) in [4.78, 5) is 13.4. The van der Waals surface area contributed by atoms with E-state index in [0.29, 0.717) is 5.92 Å². The van der Waals surface area contributed by atoms with Gasteiger partial charge in [-0.1, -0.05) is 25.1 Å². The van der Waals surface area contributed by atoms with E-state index in [9.17, 15) is 9.90 Å². The van der Waals surface area contributed by atoms with Gasteiger partial charge in [0.2, 0.25) is 5.91 Å². The SMILES string of the molecule is C[C@@]1(O)CC[C@H]2[C@H](CC[C@@H]3[C@@H]2CC[C@]2(C)[C@@H](C(=O)Nc4ccccc4)C4CC4[C@@H]32)C1. The highest BCUT2D eigenvalue weighted by molar-refractivity contribution is 5.94. The molecule has 1 aromatic carbocycles. The van der Waals surface area contributed by atoms with Crippen molar-refractivity contribution >= 4 is 11.6 Å². The van der Waals surface area contributed by atoms with Crippen LogP contribution in [-0.4, -0.2) is 16.6 Å². The average molecular weight is 408 g/mol. The predicted molar refractivity (Wildman–Crippen MR) is 119 cm³/mol. The lowest BCUT2D eigenvalue weighted by atomic mass is 9.48. The van der Waals surface area contributed by atoms with E-state index >= 15 is 0 Å². The summed E-state index contributed by atoms with van der Waals surface area (Å²) in [6, 6.07) is 10.0. The smallest absolute Gasteiger partial charge is 0.228 e. The molecule has 5 saturated carbocycles. The van der Waals surface area contributed by atoms with Gasteiger partial charge in [-0.3, -0.25) is 4.79 Å². The van der Waals surface area contributed by atoms with Crippen LogP contribution in [-0.2, 0) is 4.79 Å². The van der Waals surface area contributed by atoms with E-state index in [-0.39, 0.29) is 17.2 Å². The maximum atomic E-state index is 13.4. The molecular weight excluding hydrogens is 370 g/mol. The van der Waals surface area contributed by atoms with Gasteiger partial charge in [0, 0.05) is 11.6 Å². The van der Waals surface area contributed by atoms with Crippen LogP contribution in [0.4, 0.5) is 5.69 Å². The second-order valence-electron chi connectivity index (χ2n) is 12.0. The average Bonchev–Trinajstić information content (AvgIpc) is 3.41. The van der Waals surface area contributed by atoms with Crippen LogP contribution >= 0.6 is 0 Å². The van der Waals surface area contributed by atoms with Gasteiger partial charge >= 0.3 is 0 Å². The highest BCUT2D eigenvalue weighted by Gasteiger charge is 2.71. The van der Waals surface area contributed by atoms with Crippen molar-refractivity contribution in [3.63, 3.8) is 0 Å². The van der Waals surface area contributed by atoms with Gasteiger partial charge in [-0.15, -0.1) is 0 Å². The third-order valence-electron chi connectivity index (χ3n) is 10.3. The number of hydrogen-bond acceptors (Lipinski definition) is 2. The molecule has 5 aliphatic rings. The second-order valence-corrected chi connectivity index (χ2v) is 12.0. The van der Waals surface area contributed by atoms with Crippen molar-refractivity contribution in [3.8, 4) is 0 Å². The maximum Gasteiger partial charge on any atom is 0.228 e. The lowest BCUT2D eigenvalue weighted by molar-refractivity contribution is -0.133. The zero-order valence-corrected chi connectivity index (χ0v) is 18.5. The Hall–Kier alpha value is -1.35. The van der Waals surface area contributed by atoms with Crippen LogP contribution in [0.3, 0.4) is 0 Å². The Morgan fingerprint density at radius 2 is 1.70 bits per heavy atom. The number of aliphatic hydroxyl groups is 1. The number of para-hydroxylation sites is 1. The predicted octanol–water partition coefficient (Wildman–Crippen LogP) is 5.50. The van der Waals surface area contributed by atoms with Crippen LogP contribution in [0.25, 0.3) is 0 Å². The van der Waals surface area contributed by atoms with E-state index in [0.717, 1.165) is 54.0 Å². The standard InChI is InChI=1S/C27H37NO2/c1-26(30)12-10-18-16(15-26)8-9-20-19(18)11-13-27(2)23(20)21-14-22(21)24(27)25(29)28-17-6-4-3-5-7-17/h3-7,16,18-24,30H,8-15H2,1-2H3,(H,28,29)/t16-,18+,19-,20-,21?,22?,23-,24-,26-,27+/m1/s1. The number of anilines is 1. The molecule has 5 aliphatic carbocycles. The van der Waals surface area contributed by atoms with Gasteiger partial charge < -0.3 is 10.4 Å². The molecule has 162 valence electrons. The molecule has 0 spiro atoms.